The number of unbranched alkanes of at least 4 members (excludes halogenated alkanes) is 1. The fraction of sp³-hybridized carbons (Fsp3) is 0.438. The van der Waals surface area contributed by atoms with Crippen LogP contribution in [-0.2, 0) is 11.3 Å². The van der Waals surface area contributed by atoms with Crippen LogP contribution in [0.4, 0.5) is 5.69 Å². The molecule has 0 aromatic carbocycles. The van der Waals surface area contributed by atoms with Crippen LogP contribution in [0.5, 0.6) is 0 Å². The minimum absolute atomic E-state index is 0.120. The van der Waals surface area contributed by atoms with Crippen LogP contribution in [0.1, 0.15) is 31.2 Å². The van der Waals surface area contributed by atoms with E-state index in [4.69, 9.17) is 11.6 Å². The molecule has 0 unspecified atom stereocenters. The number of hydrogen-bond acceptors (Lipinski definition) is 4. The van der Waals surface area contributed by atoms with E-state index in [2.05, 4.69) is 33.7 Å². The smallest absolute Gasteiger partial charge is 0.234 e. The summed E-state index contributed by atoms with van der Waals surface area (Å²) in [6.45, 7) is 7.16. The minimum Gasteiger partial charge on any atom is -0.323 e. The van der Waals surface area contributed by atoms with Crippen molar-refractivity contribution in [1.29, 1.82) is 0 Å². The van der Waals surface area contributed by atoms with Gasteiger partial charge in [-0.1, -0.05) is 36.7 Å². The zero-order chi connectivity index (χ0) is 16.8. The molecule has 124 valence electrons. The Morgan fingerprint density at radius 2 is 2.22 bits per heavy atom. The highest BCUT2D eigenvalue weighted by atomic mass is 35.5. The first-order chi connectivity index (χ1) is 11.0. The second-order valence-corrected chi connectivity index (χ2v) is 6.55. The molecule has 0 saturated heterocycles. The Hall–Kier alpha value is -1.53. The topological polar surface area (TPSA) is 59.8 Å². The maximum Gasteiger partial charge on any atom is 0.234 e. The molecule has 2 rings (SSSR count). The van der Waals surface area contributed by atoms with Gasteiger partial charge in [-0.15, -0.1) is 0 Å². The van der Waals surface area contributed by atoms with Gasteiger partial charge in [0.2, 0.25) is 5.91 Å². The number of nitrogens with one attached hydrogen (secondary N) is 1. The summed E-state index contributed by atoms with van der Waals surface area (Å²) in [5, 5.41) is 3.96. The monoisotopic (exact) mass is 352 g/mol. The third-order valence-corrected chi connectivity index (χ3v) is 4.80. The molecule has 0 atom stereocenters. The zero-order valence-electron chi connectivity index (χ0n) is 13.6. The second-order valence-electron chi connectivity index (χ2n) is 5.25. The molecule has 2 aromatic rings. The van der Waals surface area contributed by atoms with E-state index < -0.39 is 0 Å². The van der Waals surface area contributed by atoms with Crippen molar-refractivity contribution >= 4 is 35.0 Å². The largest absolute Gasteiger partial charge is 0.323 e. The summed E-state index contributed by atoms with van der Waals surface area (Å²) in [5.41, 5.74) is 2.71. The standard InChI is InChI=1S/C16H21ClN4OS/c1-4-5-9-21-12(3)11(2)19-16(21)23-10-14(22)20-13-7-6-8-18-15(13)17/h6-8H,4-5,9-10H2,1-3H3,(H,20,22). The zero-order valence-corrected chi connectivity index (χ0v) is 15.2. The van der Waals surface area contributed by atoms with E-state index >= 15 is 0 Å². The molecule has 2 aromatic heterocycles. The molecule has 0 aliphatic rings. The third-order valence-electron chi connectivity index (χ3n) is 3.52. The summed E-state index contributed by atoms with van der Waals surface area (Å²) in [4.78, 5) is 20.6. The molecule has 2 heterocycles. The number of aryl methyl sites for hydroxylation is 1. The number of carbonyl (C=O) groups excluding carboxylic acids is 1. The molecule has 0 radical (unpaired) electrons. The Bertz CT molecular complexity index is 687. The number of nitrogens with zero attached hydrogens (tertiary/aromatic N) is 3. The number of carbonyl (C=O) groups is 1. The molecule has 0 saturated carbocycles. The van der Waals surface area contributed by atoms with Crippen LogP contribution in [0, 0.1) is 13.8 Å². The molecule has 5 nitrogen and oxygen atoms in total. The normalized spacial score (nSPS) is 10.8. The first-order valence-electron chi connectivity index (χ1n) is 7.59. The average Bonchev–Trinajstić information content (AvgIpc) is 2.80. The van der Waals surface area contributed by atoms with Crippen LogP contribution in [0.2, 0.25) is 5.15 Å². The maximum atomic E-state index is 12.1. The molecule has 1 amide bonds. The summed E-state index contributed by atoms with van der Waals surface area (Å²) in [6.07, 6.45) is 3.81. The van der Waals surface area contributed by atoms with E-state index in [0.29, 0.717) is 10.8 Å². The first kappa shape index (κ1) is 17.8. The van der Waals surface area contributed by atoms with Crippen molar-refractivity contribution in [3.8, 4) is 0 Å². The van der Waals surface area contributed by atoms with Crippen LogP contribution in [-0.4, -0.2) is 26.2 Å². The van der Waals surface area contributed by atoms with Crippen molar-refractivity contribution < 1.29 is 4.79 Å². The van der Waals surface area contributed by atoms with Gasteiger partial charge in [0, 0.05) is 18.4 Å². The van der Waals surface area contributed by atoms with Crippen molar-refractivity contribution in [1.82, 2.24) is 14.5 Å². The van der Waals surface area contributed by atoms with Gasteiger partial charge in [-0.3, -0.25) is 4.79 Å². The van der Waals surface area contributed by atoms with E-state index in [9.17, 15) is 4.79 Å². The molecule has 0 aliphatic carbocycles. The molecule has 0 bridgehead atoms. The third kappa shape index (κ3) is 4.72. The van der Waals surface area contributed by atoms with Crippen molar-refractivity contribution in [2.45, 2.75) is 45.3 Å². The number of halogens is 1. The highest BCUT2D eigenvalue weighted by Gasteiger charge is 2.13. The van der Waals surface area contributed by atoms with Gasteiger partial charge in [0.05, 0.1) is 17.1 Å². The van der Waals surface area contributed by atoms with Gasteiger partial charge in [0.15, 0.2) is 10.3 Å². The number of hydrogen-bond donors (Lipinski definition) is 1. The van der Waals surface area contributed by atoms with E-state index in [-0.39, 0.29) is 11.7 Å². The highest BCUT2D eigenvalue weighted by Crippen LogP contribution is 2.23. The van der Waals surface area contributed by atoms with E-state index in [1.807, 2.05) is 6.92 Å². The lowest BCUT2D eigenvalue weighted by Crippen LogP contribution is -2.15. The fourth-order valence-corrected chi connectivity index (χ4v) is 3.19. The van der Waals surface area contributed by atoms with Gasteiger partial charge < -0.3 is 9.88 Å². The van der Waals surface area contributed by atoms with Crippen LogP contribution in [0.3, 0.4) is 0 Å². The van der Waals surface area contributed by atoms with Crippen molar-refractivity contribution in [2.24, 2.45) is 0 Å². The number of thioether (sulfide) groups is 1. The Balaban J connectivity index is 1.99. The quantitative estimate of drug-likeness (QED) is 0.602. The van der Waals surface area contributed by atoms with E-state index in [1.165, 1.54) is 11.8 Å². The molecule has 7 heteroatoms. The van der Waals surface area contributed by atoms with Crippen molar-refractivity contribution in [3.63, 3.8) is 0 Å². The summed E-state index contributed by atoms with van der Waals surface area (Å²) in [6, 6.07) is 3.47. The van der Waals surface area contributed by atoms with E-state index in [1.54, 1.807) is 18.3 Å². The predicted octanol–water partition coefficient (Wildman–Crippen LogP) is 4.08. The van der Waals surface area contributed by atoms with Crippen LogP contribution in [0.15, 0.2) is 23.5 Å². The van der Waals surface area contributed by atoms with Gasteiger partial charge in [-0.25, -0.2) is 9.97 Å². The van der Waals surface area contributed by atoms with Crippen LogP contribution < -0.4 is 5.32 Å². The summed E-state index contributed by atoms with van der Waals surface area (Å²) >= 11 is 7.38. The fourth-order valence-electron chi connectivity index (χ4n) is 2.11. The maximum absolute atomic E-state index is 12.1. The number of amides is 1. The minimum atomic E-state index is -0.120. The van der Waals surface area contributed by atoms with Gasteiger partial charge in [-0.05, 0) is 32.4 Å². The highest BCUT2D eigenvalue weighted by molar-refractivity contribution is 7.99. The number of pyridine rings is 1. The Morgan fingerprint density at radius 3 is 2.91 bits per heavy atom. The lowest BCUT2D eigenvalue weighted by Gasteiger charge is -2.09. The second kappa shape index (κ2) is 8.36. The number of aromatic nitrogens is 3. The van der Waals surface area contributed by atoms with Crippen LogP contribution in [0.25, 0.3) is 0 Å². The van der Waals surface area contributed by atoms with Gasteiger partial charge >= 0.3 is 0 Å². The van der Waals surface area contributed by atoms with Gasteiger partial charge in [0.25, 0.3) is 0 Å². The summed E-state index contributed by atoms with van der Waals surface area (Å²) < 4.78 is 2.19. The Morgan fingerprint density at radius 1 is 1.43 bits per heavy atom. The number of imidazole rings is 1. The SMILES string of the molecule is CCCCn1c(SCC(=O)Nc2cccnc2Cl)nc(C)c1C. The van der Waals surface area contributed by atoms with Crippen molar-refractivity contribution in [2.75, 3.05) is 11.1 Å². The number of rotatable bonds is 7. The molecule has 0 aliphatic heterocycles. The average molecular weight is 353 g/mol. The molecular weight excluding hydrogens is 332 g/mol. The summed E-state index contributed by atoms with van der Waals surface area (Å²) in [5.74, 6) is 0.165. The molecule has 0 fully saturated rings. The molecule has 1 N–H and O–H groups in total. The lowest BCUT2D eigenvalue weighted by molar-refractivity contribution is -0.113. The number of anilines is 1. The lowest BCUT2D eigenvalue weighted by atomic mass is 10.3. The molecular formula is C16H21ClN4OS. The Labute approximate surface area is 145 Å². The molecule has 23 heavy (non-hydrogen) atoms. The molecule has 0 spiro atoms. The first-order valence-corrected chi connectivity index (χ1v) is 8.96. The Kier molecular flexibility index (Phi) is 6.47. The predicted molar refractivity (Wildman–Crippen MR) is 95.2 cm³/mol. The van der Waals surface area contributed by atoms with Crippen LogP contribution >= 0.6 is 23.4 Å². The summed E-state index contributed by atoms with van der Waals surface area (Å²) in [7, 11) is 0. The van der Waals surface area contributed by atoms with Gasteiger partial charge in [0.1, 0.15) is 0 Å². The van der Waals surface area contributed by atoms with Crippen molar-refractivity contribution in [3.05, 3.63) is 34.9 Å². The van der Waals surface area contributed by atoms with E-state index in [0.717, 1.165) is 35.9 Å². The van der Waals surface area contributed by atoms with Gasteiger partial charge in [-0.2, -0.15) is 0 Å².